The molecule has 21 heteroatoms. The Morgan fingerprint density at radius 3 is 1.12 bits per heavy atom. The first-order valence-electron chi connectivity index (χ1n) is 26.9. The predicted molar refractivity (Wildman–Crippen MR) is 367 cm³/mol. The van der Waals surface area contributed by atoms with Gasteiger partial charge in [-0.25, -0.2) is 0 Å². The maximum atomic E-state index is 8.94. The average Bonchev–Trinajstić information content (AvgIpc) is 3.57. The number of nitrogens with zero attached hydrogens (tertiary/aromatic N) is 1. The number of alkyl halides is 2. The highest BCUT2D eigenvalue weighted by atomic mass is 79.9. The smallest absolute Gasteiger partial charge is 0.140 e. The average molecular weight is 1490 g/mol. The summed E-state index contributed by atoms with van der Waals surface area (Å²) >= 11 is 42.9. The summed E-state index contributed by atoms with van der Waals surface area (Å²) in [7, 11) is -0.446. The molecule has 7 aromatic rings. The molecule has 7 aromatic carbocycles. The summed E-state index contributed by atoms with van der Waals surface area (Å²) in [5, 5.41) is 27.0. The van der Waals surface area contributed by atoms with E-state index in [4.69, 9.17) is 113 Å². The van der Waals surface area contributed by atoms with E-state index >= 15 is 0 Å². The molecule has 0 bridgehead atoms. The SMILES string of the molecule is CCOCCO.CCOCCOc1cc(Br)ccc1Cl.CCOCCOc1cc(Br)ccc1Cl.CCOCCOc1cc(N2CCNCC2)ccc1Cl.ClCCl.Oc1cc(Br)ccc1Cl.c1ccc(P(c2ccccc2)c2ccccc2)cc1. The molecule has 1 heterocycles. The zero-order chi connectivity index (χ0) is 61.6. The molecule has 8 rings (SSSR count). The van der Waals surface area contributed by atoms with Crippen molar-refractivity contribution >= 4 is 147 Å². The van der Waals surface area contributed by atoms with Crippen LogP contribution in [0.1, 0.15) is 27.7 Å². The second-order valence-electron chi connectivity index (χ2n) is 16.6. The van der Waals surface area contributed by atoms with Gasteiger partial charge in [0.1, 0.15) is 42.8 Å². The summed E-state index contributed by atoms with van der Waals surface area (Å²) in [4.78, 5) is 2.34. The maximum Gasteiger partial charge on any atom is 0.140 e. The fraction of sp³-hybridized carbons (Fsp3) is 0.333. The number of nitrogens with one attached hydrogen (secondary N) is 1. The number of aromatic hydroxyl groups is 1. The van der Waals surface area contributed by atoms with Crippen molar-refractivity contribution in [3.05, 3.63) is 197 Å². The molecule has 0 aromatic heterocycles. The van der Waals surface area contributed by atoms with Crippen LogP contribution in [0.5, 0.6) is 23.0 Å². The molecule has 0 spiro atoms. The topological polar surface area (TPSA) is 120 Å². The van der Waals surface area contributed by atoms with Crippen LogP contribution in [0, 0.1) is 0 Å². The van der Waals surface area contributed by atoms with Gasteiger partial charge < -0.3 is 53.6 Å². The Labute approximate surface area is 554 Å². The van der Waals surface area contributed by atoms with Crippen LogP contribution in [0.2, 0.25) is 20.1 Å². The molecule has 0 amide bonds. The Morgan fingerprint density at radius 2 is 0.786 bits per heavy atom. The number of piperazine rings is 1. The van der Waals surface area contributed by atoms with Gasteiger partial charge in [-0.3, -0.25) is 0 Å². The molecule has 1 saturated heterocycles. The van der Waals surface area contributed by atoms with Gasteiger partial charge in [0.05, 0.1) is 58.5 Å². The molecule has 0 radical (unpaired) electrons. The van der Waals surface area contributed by atoms with Gasteiger partial charge in [0.15, 0.2) is 0 Å². The van der Waals surface area contributed by atoms with Crippen LogP contribution in [-0.4, -0.2) is 121 Å². The minimum absolute atomic E-state index is 0.103. The second kappa shape index (κ2) is 49.8. The minimum atomic E-state index is -0.446. The van der Waals surface area contributed by atoms with Crippen molar-refractivity contribution in [2.45, 2.75) is 27.7 Å². The molecule has 84 heavy (non-hydrogen) atoms. The number of phenolic OH excluding ortho intramolecular Hbond substituents is 1. The van der Waals surface area contributed by atoms with E-state index < -0.39 is 7.92 Å². The number of halogens is 9. The highest BCUT2D eigenvalue weighted by Crippen LogP contribution is 2.33. The van der Waals surface area contributed by atoms with E-state index in [1.807, 2.05) is 70.2 Å². The molecule has 11 nitrogen and oxygen atoms in total. The summed E-state index contributed by atoms with van der Waals surface area (Å²) < 4.78 is 39.5. The molecular formula is C63H76Br3Cl6N2O9P. The highest BCUT2D eigenvalue weighted by molar-refractivity contribution is 9.11. The standard InChI is InChI=1S/C18H15P.C14H21ClN2O2.2C10H12BrClO2.C6H4BrClO.C4H10O2.CH2Cl2/c1-4-10-16(11-5-1)19(17-12-6-2-7-13-17)18-14-8-3-9-15-18;1-2-18-9-10-19-14-11-12(3-4-13(14)15)17-7-5-16-6-8-17;2*1-2-13-5-6-14-10-7-8(11)3-4-9(10)12;7-4-1-2-5(8)6(9)3-4;1-2-6-4-3-5;2-1-3/h1-15H;3-4,11,16H,2,5-10H2,1H3;2*3-4,7H,2,5-6H2,1H3;1-3,9H;5H,2-4H2,1H3;1H2. The molecule has 460 valence electrons. The zero-order valence-corrected chi connectivity index (χ0v) is 57.8. The van der Waals surface area contributed by atoms with Crippen molar-refractivity contribution < 1.29 is 43.4 Å². The van der Waals surface area contributed by atoms with E-state index in [0.29, 0.717) is 104 Å². The predicted octanol–water partition coefficient (Wildman–Crippen LogP) is 16.9. The van der Waals surface area contributed by atoms with Crippen molar-refractivity contribution in [1.29, 1.82) is 0 Å². The highest BCUT2D eigenvalue weighted by Gasteiger charge is 2.16. The van der Waals surface area contributed by atoms with Crippen molar-refractivity contribution in [1.82, 2.24) is 5.32 Å². The van der Waals surface area contributed by atoms with Gasteiger partial charge in [-0.05, 0) is 118 Å². The van der Waals surface area contributed by atoms with Crippen LogP contribution in [0.4, 0.5) is 5.69 Å². The van der Waals surface area contributed by atoms with Crippen LogP contribution in [0.15, 0.2) is 177 Å². The van der Waals surface area contributed by atoms with Gasteiger partial charge in [0, 0.05) is 77.8 Å². The summed E-state index contributed by atoms with van der Waals surface area (Å²) in [6.07, 6.45) is 0. The molecule has 0 atom stereocenters. The van der Waals surface area contributed by atoms with Crippen LogP contribution in [0.3, 0.4) is 0 Å². The van der Waals surface area contributed by atoms with Crippen molar-refractivity contribution in [3.8, 4) is 23.0 Å². The Balaban J connectivity index is 0.000000351. The number of hydrogen-bond acceptors (Lipinski definition) is 11. The van der Waals surface area contributed by atoms with Crippen LogP contribution in [-0.2, 0) is 18.9 Å². The lowest BCUT2D eigenvalue weighted by Crippen LogP contribution is -2.43. The lowest BCUT2D eigenvalue weighted by Gasteiger charge is -2.29. The third kappa shape index (κ3) is 34.5. The Morgan fingerprint density at radius 1 is 0.452 bits per heavy atom. The number of aliphatic hydroxyl groups is 1. The molecule has 3 N–H and O–H groups in total. The first kappa shape index (κ1) is 77.0. The monoisotopic (exact) mass is 1480 g/mol. The molecular weight excluding hydrogens is 1410 g/mol. The third-order valence-corrected chi connectivity index (χ3v) is 15.8. The molecule has 0 aliphatic carbocycles. The van der Waals surface area contributed by atoms with Gasteiger partial charge in [0.25, 0.3) is 0 Å². The maximum absolute atomic E-state index is 8.94. The van der Waals surface area contributed by atoms with Gasteiger partial charge in [-0.15, -0.1) is 23.2 Å². The van der Waals surface area contributed by atoms with E-state index in [-0.39, 0.29) is 17.7 Å². The van der Waals surface area contributed by atoms with E-state index in [2.05, 4.69) is 149 Å². The summed E-state index contributed by atoms with van der Waals surface area (Å²) in [5.74, 6) is 2.20. The molecule has 1 fully saturated rings. The fourth-order valence-electron chi connectivity index (χ4n) is 6.84. The van der Waals surface area contributed by atoms with Crippen LogP contribution < -0.4 is 40.3 Å². The molecule has 0 saturated carbocycles. The summed E-state index contributed by atoms with van der Waals surface area (Å²) in [6, 6.07) is 54.2. The first-order chi connectivity index (χ1) is 40.8. The van der Waals surface area contributed by atoms with Crippen LogP contribution >= 0.6 is 125 Å². The number of phenols is 1. The van der Waals surface area contributed by atoms with Gasteiger partial charge in [-0.2, -0.15) is 0 Å². The Hall–Kier alpha value is -3.09. The number of hydrogen-bond donors (Lipinski definition) is 3. The number of anilines is 1. The second-order valence-corrected chi connectivity index (χ2v) is 24.0. The normalized spacial score (nSPS) is 11.2. The fourth-order valence-corrected chi connectivity index (χ4v) is 10.8. The molecule has 0 unspecified atom stereocenters. The van der Waals surface area contributed by atoms with Crippen molar-refractivity contribution in [2.24, 2.45) is 0 Å². The van der Waals surface area contributed by atoms with Crippen LogP contribution in [0.25, 0.3) is 0 Å². The number of benzene rings is 7. The number of ether oxygens (including phenoxy) is 7. The third-order valence-electron chi connectivity index (χ3n) is 10.6. The van der Waals surface area contributed by atoms with Crippen molar-refractivity contribution in [3.63, 3.8) is 0 Å². The Kier molecular flexibility index (Phi) is 45.7. The number of rotatable bonds is 22. The first-order valence-corrected chi connectivity index (χ1v) is 33.2. The lowest BCUT2D eigenvalue weighted by molar-refractivity contribution is 0.102. The lowest BCUT2D eigenvalue weighted by atomic mass is 10.2. The van der Waals surface area contributed by atoms with Gasteiger partial charge in [0.2, 0.25) is 0 Å². The van der Waals surface area contributed by atoms with Gasteiger partial charge in [-0.1, -0.05) is 185 Å². The van der Waals surface area contributed by atoms with Crippen molar-refractivity contribution in [2.75, 3.05) is 116 Å². The summed E-state index contributed by atoms with van der Waals surface area (Å²) in [6.45, 7) is 18.6. The van der Waals surface area contributed by atoms with E-state index in [9.17, 15) is 0 Å². The zero-order valence-electron chi connectivity index (χ0n) is 47.7. The van der Waals surface area contributed by atoms with Gasteiger partial charge >= 0.3 is 0 Å². The summed E-state index contributed by atoms with van der Waals surface area (Å²) in [5.41, 5.74) is 1.16. The van der Waals surface area contributed by atoms with E-state index in [0.717, 1.165) is 51.0 Å². The Bertz CT molecular complexity index is 2600. The quantitative estimate of drug-likeness (QED) is 0.0342. The molecule has 1 aliphatic rings. The minimum Gasteiger partial charge on any atom is -0.506 e. The van der Waals surface area contributed by atoms with E-state index in [1.165, 1.54) is 15.9 Å². The number of aliphatic hydroxyl groups excluding tert-OH is 1. The van der Waals surface area contributed by atoms with E-state index in [1.54, 1.807) is 30.3 Å². The largest absolute Gasteiger partial charge is 0.506 e. The molecule has 1 aliphatic heterocycles.